The van der Waals surface area contributed by atoms with Gasteiger partial charge in [0.25, 0.3) is 0 Å². The van der Waals surface area contributed by atoms with Crippen molar-refractivity contribution < 1.29 is 9.90 Å². The van der Waals surface area contributed by atoms with Crippen molar-refractivity contribution in [3.05, 3.63) is 66.2 Å². The SMILES string of the molecule is CC.O=C(O)/C=C/c1ccc(-c2ccccc2)cc1. The molecule has 0 aliphatic carbocycles. The summed E-state index contributed by atoms with van der Waals surface area (Å²) in [5.74, 6) is -0.933. The van der Waals surface area contributed by atoms with E-state index in [-0.39, 0.29) is 0 Å². The summed E-state index contributed by atoms with van der Waals surface area (Å²) in [4.78, 5) is 10.4. The highest BCUT2D eigenvalue weighted by molar-refractivity contribution is 5.85. The molecule has 0 radical (unpaired) electrons. The van der Waals surface area contributed by atoms with Crippen LogP contribution in [0.25, 0.3) is 17.2 Å². The topological polar surface area (TPSA) is 37.3 Å². The third-order valence-electron chi connectivity index (χ3n) is 2.44. The molecule has 0 saturated heterocycles. The van der Waals surface area contributed by atoms with Crippen LogP contribution in [0, 0.1) is 0 Å². The van der Waals surface area contributed by atoms with Crippen molar-refractivity contribution in [3.8, 4) is 11.1 Å². The monoisotopic (exact) mass is 254 g/mol. The molecule has 0 atom stereocenters. The van der Waals surface area contributed by atoms with E-state index in [1.54, 1.807) is 6.08 Å². The minimum absolute atomic E-state index is 0.882. The summed E-state index contributed by atoms with van der Waals surface area (Å²) in [5.41, 5.74) is 3.16. The molecule has 2 rings (SSSR count). The zero-order valence-electron chi connectivity index (χ0n) is 11.2. The zero-order chi connectivity index (χ0) is 14.1. The summed E-state index contributed by atoms with van der Waals surface area (Å²) in [6.07, 6.45) is 2.72. The third-order valence-corrected chi connectivity index (χ3v) is 2.44. The standard InChI is InChI=1S/C15H12O2.C2H6/c16-15(17)11-8-12-6-9-14(10-7-12)13-4-2-1-3-5-13;1-2/h1-11H,(H,16,17);1-2H3/b11-8+;. The number of benzene rings is 2. The van der Waals surface area contributed by atoms with E-state index in [1.165, 1.54) is 0 Å². The summed E-state index contributed by atoms with van der Waals surface area (Å²) in [5, 5.41) is 8.52. The number of rotatable bonds is 3. The van der Waals surface area contributed by atoms with Gasteiger partial charge in [0, 0.05) is 6.08 Å². The fourth-order valence-electron chi connectivity index (χ4n) is 1.58. The first-order chi connectivity index (χ1) is 9.25. The summed E-state index contributed by atoms with van der Waals surface area (Å²) in [6, 6.07) is 17.8. The molecule has 19 heavy (non-hydrogen) atoms. The lowest BCUT2D eigenvalue weighted by atomic mass is 10.0. The summed E-state index contributed by atoms with van der Waals surface area (Å²) >= 11 is 0. The van der Waals surface area contributed by atoms with Crippen LogP contribution in [0.2, 0.25) is 0 Å². The Morgan fingerprint density at radius 2 is 1.42 bits per heavy atom. The molecule has 0 amide bonds. The Bertz CT molecular complexity index is 525. The molecule has 0 saturated carbocycles. The van der Waals surface area contributed by atoms with Gasteiger partial charge in [0.15, 0.2) is 0 Å². The Kier molecular flexibility index (Phi) is 6.10. The minimum Gasteiger partial charge on any atom is -0.478 e. The van der Waals surface area contributed by atoms with Crippen molar-refractivity contribution >= 4 is 12.0 Å². The molecule has 0 spiro atoms. The van der Waals surface area contributed by atoms with E-state index in [9.17, 15) is 4.79 Å². The smallest absolute Gasteiger partial charge is 0.328 e. The molecule has 2 aromatic rings. The van der Waals surface area contributed by atoms with E-state index >= 15 is 0 Å². The number of carboxylic acids is 1. The molecular formula is C17H18O2. The van der Waals surface area contributed by atoms with Gasteiger partial charge in [-0.2, -0.15) is 0 Å². The van der Waals surface area contributed by atoms with Crippen molar-refractivity contribution in [2.24, 2.45) is 0 Å². The lowest BCUT2D eigenvalue weighted by molar-refractivity contribution is -0.131. The van der Waals surface area contributed by atoms with Gasteiger partial charge in [-0.25, -0.2) is 4.79 Å². The van der Waals surface area contributed by atoms with Crippen LogP contribution in [0.1, 0.15) is 19.4 Å². The van der Waals surface area contributed by atoms with Crippen molar-refractivity contribution in [3.63, 3.8) is 0 Å². The Labute approximate surface area is 114 Å². The van der Waals surface area contributed by atoms with Crippen LogP contribution in [0.15, 0.2) is 60.7 Å². The molecule has 98 valence electrons. The second-order valence-corrected chi connectivity index (χ2v) is 3.66. The third kappa shape index (κ3) is 4.80. The molecule has 0 bridgehead atoms. The molecule has 2 aromatic carbocycles. The van der Waals surface area contributed by atoms with Crippen molar-refractivity contribution in [1.29, 1.82) is 0 Å². The highest BCUT2D eigenvalue weighted by atomic mass is 16.4. The normalized spacial score (nSPS) is 9.79. The predicted molar refractivity (Wildman–Crippen MR) is 79.9 cm³/mol. The van der Waals surface area contributed by atoms with Crippen LogP contribution in [0.3, 0.4) is 0 Å². The second kappa shape index (κ2) is 7.88. The molecule has 0 unspecified atom stereocenters. The second-order valence-electron chi connectivity index (χ2n) is 3.66. The highest BCUT2D eigenvalue weighted by Crippen LogP contribution is 2.19. The van der Waals surface area contributed by atoms with Crippen LogP contribution in [-0.4, -0.2) is 11.1 Å². The number of aliphatic carboxylic acids is 1. The Morgan fingerprint density at radius 3 is 1.95 bits per heavy atom. The first-order valence-electron chi connectivity index (χ1n) is 6.32. The Hall–Kier alpha value is -2.35. The lowest BCUT2D eigenvalue weighted by Crippen LogP contribution is -1.85. The predicted octanol–water partition coefficient (Wildman–Crippen LogP) is 4.48. The fourth-order valence-corrected chi connectivity index (χ4v) is 1.58. The maximum Gasteiger partial charge on any atom is 0.328 e. The summed E-state index contributed by atoms with van der Waals surface area (Å²) in [6.45, 7) is 4.00. The van der Waals surface area contributed by atoms with Crippen molar-refractivity contribution in [2.45, 2.75) is 13.8 Å². The van der Waals surface area contributed by atoms with E-state index in [2.05, 4.69) is 0 Å². The average Bonchev–Trinajstić information content (AvgIpc) is 2.49. The molecule has 1 N–H and O–H groups in total. The molecule has 2 nitrogen and oxygen atoms in total. The largest absolute Gasteiger partial charge is 0.478 e. The first kappa shape index (κ1) is 14.7. The van der Waals surface area contributed by atoms with E-state index in [0.29, 0.717) is 0 Å². The van der Waals surface area contributed by atoms with Gasteiger partial charge < -0.3 is 5.11 Å². The van der Waals surface area contributed by atoms with E-state index in [1.807, 2.05) is 68.4 Å². The van der Waals surface area contributed by atoms with Gasteiger partial charge in [-0.15, -0.1) is 0 Å². The quantitative estimate of drug-likeness (QED) is 0.820. The van der Waals surface area contributed by atoms with Crippen LogP contribution < -0.4 is 0 Å². The number of hydrogen-bond donors (Lipinski definition) is 1. The lowest BCUT2D eigenvalue weighted by Gasteiger charge is -2.01. The van der Waals surface area contributed by atoms with E-state index in [0.717, 1.165) is 22.8 Å². The molecular weight excluding hydrogens is 236 g/mol. The van der Waals surface area contributed by atoms with Gasteiger partial charge in [0.05, 0.1) is 0 Å². The number of carbonyl (C=O) groups is 1. The first-order valence-corrected chi connectivity index (χ1v) is 6.32. The van der Waals surface area contributed by atoms with Gasteiger partial charge in [0.2, 0.25) is 0 Å². The van der Waals surface area contributed by atoms with E-state index in [4.69, 9.17) is 5.11 Å². The van der Waals surface area contributed by atoms with Gasteiger partial charge in [-0.3, -0.25) is 0 Å². The Morgan fingerprint density at radius 1 is 0.895 bits per heavy atom. The van der Waals surface area contributed by atoms with Gasteiger partial charge in [-0.1, -0.05) is 68.4 Å². The summed E-state index contributed by atoms with van der Waals surface area (Å²) < 4.78 is 0. The van der Waals surface area contributed by atoms with Crippen LogP contribution >= 0.6 is 0 Å². The molecule has 0 aliphatic rings. The van der Waals surface area contributed by atoms with Crippen LogP contribution in [0.5, 0.6) is 0 Å². The highest BCUT2D eigenvalue weighted by Gasteiger charge is 1.95. The maximum absolute atomic E-state index is 10.4. The zero-order valence-corrected chi connectivity index (χ0v) is 11.2. The van der Waals surface area contributed by atoms with Gasteiger partial charge >= 0.3 is 5.97 Å². The molecule has 2 heteroatoms. The van der Waals surface area contributed by atoms with Crippen LogP contribution in [0.4, 0.5) is 0 Å². The van der Waals surface area contributed by atoms with Crippen molar-refractivity contribution in [2.75, 3.05) is 0 Å². The average molecular weight is 254 g/mol. The summed E-state index contributed by atoms with van der Waals surface area (Å²) in [7, 11) is 0. The van der Waals surface area contributed by atoms with Crippen molar-refractivity contribution in [1.82, 2.24) is 0 Å². The molecule has 0 aromatic heterocycles. The Balaban J connectivity index is 0.000000861. The van der Waals surface area contributed by atoms with E-state index < -0.39 is 5.97 Å². The van der Waals surface area contributed by atoms with Gasteiger partial charge in [-0.05, 0) is 22.8 Å². The molecule has 0 aliphatic heterocycles. The maximum atomic E-state index is 10.4. The number of hydrogen-bond acceptors (Lipinski definition) is 1. The fraction of sp³-hybridized carbons (Fsp3) is 0.118. The van der Waals surface area contributed by atoms with Crippen LogP contribution in [-0.2, 0) is 4.79 Å². The van der Waals surface area contributed by atoms with Gasteiger partial charge in [0.1, 0.15) is 0 Å². The minimum atomic E-state index is -0.933. The molecule has 0 fully saturated rings. The molecule has 0 heterocycles. The number of carboxylic acid groups (broad SMARTS) is 1.